The fourth-order valence-corrected chi connectivity index (χ4v) is 9.43. The van der Waals surface area contributed by atoms with Crippen LogP contribution in [0.25, 0.3) is 22.3 Å². The molecule has 2 aromatic heterocycles. The topological polar surface area (TPSA) is 172 Å². The number of hydrogen-bond donors (Lipinski definition) is 2. The molecule has 3 N–H and O–H groups in total. The number of nitrogen functional groups attached to an aromatic ring is 1. The van der Waals surface area contributed by atoms with E-state index in [1.165, 1.54) is 6.33 Å². The lowest BCUT2D eigenvalue weighted by atomic mass is 9.94. The first-order valence-corrected chi connectivity index (χ1v) is 20.2. The molecule has 10 rings (SSSR count). The summed E-state index contributed by atoms with van der Waals surface area (Å²) in [5, 5.41) is 7.78. The molecule has 5 aromatic rings. The second-order valence-electron chi connectivity index (χ2n) is 16.1. The quantitative estimate of drug-likeness (QED) is 0.215. The molecule has 0 aliphatic carbocycles. The minimum atomic E-state index is -1.15. The highest BCUT2D eigenvalue weighted by molar-refractivity contribution is 6.23. The molecule has 5 aliphatic heterocycles. The van der Waals surface area contributed by atoms with Crippen LogP contribution < -0.4 is 20.7 Å². The van der Waals surface area contributed by atoms with Gasteiger partial charge >= 0.3 is 0 Å². The van der Waals surface area contributed by atoms with Crippen LogP contribution in [0.5, 0.6) is 11.5 Å². The maximum Gasteiger partial charge on any atom is 0.262 e. The van der Waals surface area contributed by atoms with E-state index >= 15 is 4.39 Å². The van der Waals surface area contributed by atoms with Crippen LogP contribution in [-0.2, 0) is 9.59 Å². The van der Waals surface area contributed by atoms with Gasteiger partial charge in [0.1, 0.15) is 41.6 Å². The summed E-state index contributed by atoms with van der Waals surface area (Å²) in [6.45, 7) is 4.47. The number of aromatic nitrogens is 4. The first-order chi connectivity index (χ1) is 28.7. The Morgan fingerprint density at radius 2 is 1.49 bits per heavy atom. The standard InChI is InChI=1S/C43H43FN10O5/c44-33-23-51(19-16-34(33)54-40-37(39(45)46-24-47-40)38(49-54)25-6-9-30(10-7-25)59-29-4-2-1-3-5-29)26-14-17-50(18-15-26)28-21-52(22-28)27-8-11-31-32(20-27)43(58)53(42(31)57)35-12-13-36(55)48-41(35)56/h1-11,20,24,26,28,33-35H,12-19,21-23H2,(H2,45,46,47)(H,48,55,56)/t33-,34+,35?/m0/s1. The van der Waals surface area contributed by atoms with Gasteiger partial charge in [0.15, 0.2) is 5.65 Å². The largest absolute Gasteiger partial charge is 0.457 e. The zero-order chi connectivity index (χ0) is 40.4. The Morgan fingerprint density at radius 1 is 0.763 bits per heavy atom. The van der Waals surface area contributed by atoms with E-state index in [0.717, 1.165) is 67.5 Å². The molecule has 0 saturated carbocycles. The van der Waals surface area contributed by atoms with Gasteiger partial charge in [-0.05, 0) is 80.3 Å². The van der Waals surface area contributed by atoms with Crippen molar-refractivity contribution >= 4 is 46.2 Å². The van der Waals surface area contributed by atoms with Crippen LogP contribution in [0.3, 0.4) is 0 Å². The number of likely N-dealkylation sites (tertiary alicyclic amines) is 2. The molecule has 4 saturated heterocycles. The van der Waals surface area contributed by atoms with Gasteiger partial charge in [-0.1, -0.05) is 18.2 Å². The highest BCUT2D eigenvalue weighted by Crippen LogP contribution is 2.38. The van der Waals surface area contributed by atoms with Crippen LogP contribution in [0.1, 0.15) is 58.9 Å². The first-order valence-electron chi connectivity index (χ1n) is 20.2. The third kappa shape index (κ3) is 6.65. The molecule has 0 spiro atoms. The maximum atomic E-state index is 16.3. The second-order valence-corrected chi connectivity index (χ2v) is 16.1. The zero-order valence-electron chi connectivity index (χ0n) is 32.2. The number of nitrogens with two attached hydrogens (primary N) is 1. The monoisotopic (exact) mass is 798 g/mol. The molecule has 59 heavy (non-hydrogen) atoms. The van der Waals surface area contributed by atoms with Gasteiger partial charge in [0, 0.05) is 69.0 Å². The van der Waals surface area contributed by atoms with Gasteiger partial charge in [-0.2, -0.15) is 5.10 Å². The molecule has 0 radical (unpaired) electrons. The number of alkyl halides is 1. The Balaban J connectivity index is 0.745. The Bertz CT molecular complexity index is 2470. The van der Waals surface area contributed by atoms with Crippen LogP contribution >= 0.6 is 0 Å². The maximum absolute atomic E-state index is 16.3. The van der Waals surface area contributed by atoms with Gasteiger partial charge in [0.25, 0.3) is 11.8 Å². The minimum absolute atomic E-state index is 0.0808. The number of hydrogen-bond acceptors (Lipinski definition) is 12. The Hall–Kier alpha value is -6.26. The van der Waals surface area contributed by atoms with Crippen molar-refractivity contribution in [3.63, 3.8) is 0 Å². The summed E-state index contributed by atoms with van der Waals surface area (Å²) in [6, 6.07) is 21.6. The molecule has 15 nitrogen and oxygen atoms in total. The van der Waals surface area contributed by atoms with E-state index in [1.807, 2.05) is 60.7 Å². The highest BCUT2D eigenvalue weighted by Gasteiger charge is 2.45. The number of anilines is 2. The molecule has 302 valence electrons. The summed E-state index contributed by atoms with van der Waals surface area (Å²) < 4.78 is 24.0. The van der Waals surface area contributed by atoms with Gasteiger partial charge in [-0.25, -0.2) is 19.0 Å². The van der Waals surface area contributed by atoms with Crippen LogP contribution in [-0.4, -0.2) is 122 Å². The number of fused-ring (bicyclic) bond motifs is 2. The van der Waals surface area contributed by atoms with E-state index in [0.29, 0.717) is 47.3 Å². The molecule has 4 fully saturated rings. The molecule has 5 aliphatic rings. The van der Waals surface area contributed by atoms with Crippen molar-refractivity contribution in [2.24, 2.45) is 0 Å². The Morgan fingerprint density at radius 3 is 2.24 bits per heavy atom. The normalized spacial score (nSPS) is 23.4. The van der Waals surface area contributed by atoms with Gasteiger partial charge in [-0.3, -0.25) is 39.2 Å². The van der Waals surface area contributed by atoms with Crippen LogP contribution in [0, 0.1) is 0 Å². The van der Waals surface area contributed by atoms with Gasteiger partial charge in [-0.15, -0.1) is 0 Å². The number of nitrogens with zero attached hydrogens (tertiary/aromatic N) is 8. The zero-order valence-corrected chi connectivity index (χ0v) is 32.2. The molecule has 7 heterocycles. The van der Waals surface area contributed by atoms with E-state index in [2.05, 4.69) is 30.0 Å². The fourth-order valence-electron chi connectivity index (χ4n) is 9.43. The number of para-hydroxylation sites is 1. The number of carbonyl (C=O) groups excluding carboxylic acids is 4. The summed E-state index contributed by atoms with van der Waals surface area (Å²) in [5.41, 5.74) is 9.75. The lowest BCUT2D eigenvalue weighted by Crippen LogP contribution is -2.62. The predicted molar refractivity (Wildman–Crippen MR) is 216 cm³/mol. The van der Waals surface area contributed by atoms with E-state index in [9.17, 15) is 19.2 Å². The summed E-state index contributed by atoms with van der Waals surface area (Å²) in [4.78, 5) is 67.3. The van der Waals surface area contributed by atoms with E-state index in [1.54, 1.807) is 16.8 Å². The number of imide groups is 2. The molecular weight excluding hydrogens is 756 g/mol. The van der Waals surface area contributed by atoms with E-state index in [4.69, 9.17) is 15.6 Å². The van der Waals surface area contributed by atoms with Crippen molar-refractivity contribution < 1.29 is 28.3 Å². The SMILES string of the molecule is Nc1ncnc2c1c(-c1ccc(Oc3ccccc3)cc1)nn2[C@@H]1CCN(C2CCN(C3CN(c4ccc5c(c4)C(=O)N(C4CCC(=O)NC4=O)C5=O)C3)CC2)C[C@@H]1F. The predicted octanol–water partition coefficient (Wildman–Crippen LogP) is 4.21. The van der Waals surface area contributed by atoms with Crippen molar-refractivity contribution in [3.05, 3.63) is 90.3 Å². The number of nitrogens with one attached hydrogen (secondary N) is 1. The van der Waals surface area contributed by atoms with Crippen LogP contribution in [0.15, 0.2) is 79.1 Å². The highest BCUT2D eigenvalue weighted by atomic mass is 19.1. The summed E-state index contributed by atoms with van der Waals surface area (Å²) in [7, 11) is 0. The van der Waals surface area contributed by atoms with Gasteiger partial charge in [0.2, 0.25) is 11.8 Å². The van der Waals surface area contributed by atoms with Crippen molar-refractivity contribution in [1.29, 1.82) is 0 Å². The van der Waals surface area contributed by atoms with Crippen molar-refractivity contribution in [3.8, 4) is 22.8 Å². The summed E-state index contributed by atoms with van der Waals surface area (Å²) in [5.74, 6) is -0.309. The fraction of sp³-hybridized carbons (Fsp3) is 0.372. The van der Waals surface area contributed by atoms with Crippen LogP contribution in [0.2, 0.25) is 0 Å². The smallest absolute Gasteiger partial charge is 0.262 e. The van der Waals surface area contributed by atoms with E-state index < -0.39 is 41.9 Å². The number of carbonyl (C=O) groups is 4. The molecular formula is C43H43FN10O5. The molecule has 0 bridgehead atoms. The third-order valence-electron chi connectivity index (χ3n) is 12.7. The van der Waals surface area contributed by atoms with Crippen molar-refractivity contribution in [2.45, 2.75) is 62.4 Å². The summed E-state index contributed by atoms with van der Waals surface area (Å²) in [6.07, 6.45) is 2.94. The lowest BCUT2D eigenvalue weighted by molar-refractivity contribution is -0.136. The first kappa shape index (κ1) is 37.0. The molecule has 3 atom stereocenters. The Kier molecular flexibility index (Phi) is 9.32. The van der Waals surface area contributed by atoms with E-state index in [-0.39, 0.29) is 30.0 Å². The van der Waals surface area contributed by atoms with Crippen molar-refractivity contribution in [2.75, 3.05) is 49.9 Å². The molecule has 16 heteroatoms. The number of piperidine rings is 3. The molecule has 4 amide bonds. The number of rotatable bonds is 8. The third-order valence-corrected chi connectivity index (χ3v) is 12.7. The molecule has 1 unspecified atom stereocenters. The average Bonchev–Trinajstić information content (AvgIpc) is 3.73. The second kappa shape index (κ2) is 14.8. The number of ether oxygens (including phenoxy) is 1. The number of amides is 4. The van der Waals surface area contributed by atoms with Crippen molar-refractivity contribution in [1.82, 2.24) is 39.8 Å². The Labute approximate surface area is 338 Å². The number of halogens is 1. The average molecular weight is 799 g/mol. The van der Waals surface area contributed by atoms with Crippen LogP contribution in [0.4, 0.5) is 15.9 Å². The summed E-state index contributed by atoms with van der Waals surface area (Å²) >= 11 is 0. The van der Waals surface area contributed by atoms with Gasteiger partial charge in [0.05, 0.1) is 22.6 Å². The lowest BCUT2D eigenvalue weighted by Gasteiger charge is -2.50. The van der Waals surface area contributed by atoms with Gasteiger partial charge < -0.3 is 15.4 Å². The molecule has 3 aromatic carbocycles. The minimum Gasteiger partial charge on any atom is -0.457 e. The number of benzene rings is 3.